The van der Waals surface area contributed by atoms with Crippen LogP contribution in [0.25, 0.3) is 0 Å². The van der Waals surface area contributed by atoms with E-state index in [-0.39, 0.29) is 0 Å². The Labute approximate surface area is 114 Å². The van der Waals surface area contributed by atoms with Crippen LogP contribution in [-0.4, -0.2) is 43.1 Å². The van der Waals surface area contributed by atoms with Gasteiger partial charge in [0.05, 0.1) is 5.69 Å². The van der Waals surface area contributed by atoms with E-state index in [1.807, 2.05) is 0 Å². The summed E-state index contributed by atoms with van der Waals surface area (Å²) in [7, 11) is 2.19. The predicted octanol–water partition coefficient (Wildman–Crippen LogP) is 1.87. The lowest BCUT2D eigenvalue weighted by molar-refractivity contribution is 0.360. The first kappa shape index (κ1) is 13.8. The summed E-state index contributed by atoms with van der Waals surface area (Å²) in [6.07, 6.45) is 1.21. The van der Waals surface area contributed by atoms with Crippen LogP contribution in [0.5, 0.6) is 0 Å². The molecule has 4 nitrogen and oxygen atoms in total. The molecule has 5 heteroatoms. The Morgan fingerprint density at radius 3 is 2.67 bits per heavy atom. The van der Waals surface area contributed by atoms with Crippen LogP contribution >= 0.6 is 11.3 Å². The minimum atomic E-state index is 0.461. The van der Waals surface area contributed by atoms with Crippen molar-refractivity contribution in [2.75, 3.05) is 38.1 Å². The normalized spacial score (nSPS) is 18.4. The second kappa shape index (κ2) is 5.99. The molecule has 2 heterocycles. The molecule has 18 heavy (non-hydrogen) atoms. The Balaban J connectivity index is 2.17. The number of likely N-dealkylation sites (N-methyl/N-ethyl adjacent to an activating group) is 1. The van der Waals surface area contributed by atoms with Crippen LogP contribution in [0.3, 0.4) is 0 Å². The summed E-state index contributed by atoms with van der Waals surface area (Å²) in [6.45, 7) is 9.48. The Bertz CT molecular complexity index is 388. The monoisotopic (exact) mass is 268 g/mol. The van der Waals surface area contributed by atoms with E-state index in [2.05, 4.69) is 30.7 Å². The molecule has 0 aliphatic carbocycles. The molecule has 0 bridgehead atoms. The first-order valence-electron chi connectivity index (χ1n) is 6.75. The maximum atomic E-state index is 5.83. The summed E-state index contributed by atoms with van der Waals surface area (Å²) >= 11 is 1.78. The van der Waals surface area contributed by atoms with Crippen molar-refractivity contribution >= 4 is 16.5 Å². The van der Waals surface area contributed by atoms with Gasteiger partial charge in [0.1, 0.15) is 0 Å². The van der Waals surface area contributed by atoms with Gasteiger partial charge >= 0.3 is 0 Å². The SMILES string of the molecule is CC(C)c1nc(N2CCCN(C)CC2)sc1CN. The number of rotatable bonds is 3. The standard InChI is InChI=1S/C13H24N4S/c1-10(2)12-11(9-14)18-13(15-12)17-6-4-5-16(3)7-8-17/h10H,4-9,14H2,1-3H3. The summed E-state index contributed by atoms with van der Waals surface area (Å²) in [5, 5.41) is 1.16. The quantitative estimate of drug-likeness (QED) is 0.909. The summed E-state index contributed by atoms with van der Waals surface area (Å²) in [6, 6.07) is 0. The van der Waals surface area contributed by atoms with Crippen molar-refractivity contribution in [1.82, 2.24) is 9.88 Å². The van der Waals surface area contributed by atoms with E-state index in [0.717, 1.165) is 24.8 Å². The molecule has 0 radical (unpaired) electrons. The van der Waals surface area contributed by atoms with E-state index >= 15 is 0 Å². The van der Waals surface area contributed by atoms with Crippen molar-refractivity contribution in [3.05, 3.63) is 10.6 Å². The van der Waals surface area contributed by atoms with Gasteiger partial charge in [-0.15, -0.1) is 11.3 Å². The third kappa shape index (κ3) is 3.02. The molecule has 0 aromatic carbocycles. The molecule has 0 amide bonds. The fourth-order valence-corrected chi connectivity index (χ4v) is 3.47. The molecule has 1 aliphatic rings. The van der Waals surface area contributed by atoms with Crippen molar-refractivity contribution in [1.29, 1.82) is 0 Å². The van der Waals surface area contributed by atoms with Gasteiger partial charge in [0.2, 0.25) is 0 Å². The molecule has 0 spiro atoms. The number of hydrogen-bond acceptors (Lipinski definition) is 5. The topological polar surface area (TPSA) is 45.4 Å². The van der Waals surface area contributed by atoms with Crippen molar-refractivity contribution in [2.45, 2.75) is 32.7 Å². The van der Waals surface area contributed by atoms with Crippen LogP contribution in [0.2, 0.25) is 0 Å². The zero-order valence-corrected chi connectivity index (χ0v) is 12.5. The largest absolute Gasteiger partial charge is 0.347 e. The molecule has 102 valence electrons. The summed E-state index contributed by atoms with van der Waals surface area (Å²) in [5.41, 5.74) is 7.02. The molecule has 1 aromatic heterocycles. The molecule has 2 rings (SSSR count). The second-order valence-corrected chi connectivity index (χ2v) is 6.37. The van der Waals surface area contributed by atoms with E-state index < -0.39 is 0 Å². The van der Waals surface area contributed by atoms with Crippen LogP contribution in [0, 0.1) is 0 Å². The van der Waals surface area contributed by atoms with E-state index in [0.29, 0.717) is 12.5 Å². The molecule has 1 aromatic rings. The number of thiazole rings is 1. The average Bonchev–Trinajstić information content (AvgIpc) is 2.66. The van der Waals surface area contributed by atoms with Crippen molar-refractivity contribution in [3.63, 3.8) is 0 Å². The molecule has 1 aliphatic heterocycles. The Morgan fingerprint density at radius 1 is 1.28 bits per heavy atom. The minimum Gasteiger partial charge on any atom is -0.347 e. The van der Waals surface area contributed by atoms with Crippen LogP contribution in [-0.2, 0) is 6.54 Å². The number of aromatic nitrogens is 1. The molecule has 1 saturated heterocycles. The predicted molar refractivity (Wildman–Crippen MR) is 78.4 cm³/mol. The first-order valence-corrected chi connectivity index (χ1v) is 7.56. The number of anilines is 1. The van der Waals surface area contributed by atoms with Crippen LogP contribution in [0.1, 0.15) is 36.8 Å². The van der Waals surface area contributed by atoms with Crippen LogP contribution in [0.15, 0.2) is 0 Å². The fraction of sp³-hybridized carbons (Fsp3) is 0.769. The van der Waals surface area contributed by atoms with Gasteiger partial charge in [-0.05, 0) is 25.9 Å². The van der Waals surface area contributed by atoms with Crippen LogP contribution < -0.4 is 10.6 Å². The summed E-state index contributed by atoms with van der Waals surface area (Å²) < 4.78 is 0. The van der Waals surface area contributed by atoms with Crippen molar-refractivity contribution in [3.8, 4) is 0 Å². The molecular weight excluding hydrogens is 244 g/mol. The van der Waals surface area contributed by atoms with Gasteiger partial charge in [-0.2, -0.15) is 0 Å². The lowest BCUT2D eigenvalue weighted by Gasteiger charge is -2.19. The number of hydrogen-bond donors (Lipinski definition) is 1. The number of nitrogens with two attached hydrogens (primary N) is 1. The zero-order valence-electron chi connectivity index (χ0n) is 11.6. The highest BCUT2D eigenvalue weighted by molar-refractivity contribution is 7.15. The van der Waals surface area contributed by atoms with Gasteiger partial charge in [0.15, 0.2) is 5.13 Å². The second-order valence-electron chi connectivity index (χ2n) is 5.31. The minimum absolute atomic E-state index is 0.461. The summed E-state index contributed by atoms with van der Waals surface area (Å²) in [5.74, 6) is 0.461. The molecular formula is C13H24N4S. The van der Waals surface area contributed by atoms with Gasteiger partial charge in [0, 0.05) is 31.1 Å². The Kier molecular flexibility index (Phi) is 4.59. The molecule has 0 unspecified atom stereocenters. The van der Waals surface area contributed by atoms with Crippen molar-refractivity contribution < 1.29 is 0 Å². The lowest BCUT2D eigenvalue weighted by Crippen LogP contribution is -2.28. The first-order chi connectivity index (χ1) is 8.61. The highest BCUT2D eigenvalue weighted by Crippen LogP contribution is 2.30. The van der Waals surface area contributed by atoms with E-state index in [4.69, 9.17) is 10.7 Å². The van der Waals surface area contributed by atoms with Gasteiger partial charge in [-0.1, -0.05) is 13.8 Å². The molecule has 2 N–H and O–H groups in total. The zero-order chi connectivity index (χ0) is 13.1. The third-order valence-corrected chi connectivity index (χ3v) is 4.59. The maximum Gasteiger partial charge on any atom is 0.185 e. The number of nitrogens with zero attached hydrogens (tertiary/aromatic N) is 3. The summed E-state index contributed by atoms with van der Waals surface area (Å²) in [4.78, 5) is 10.9. The Hall–Kier alpha value is -0.650. The average molecular weight is 268 g/mol. The van der Waals surface area contributed by atoms with Gasteiger partial charge in [-0.3, -0.25) is 0 Å². The lowest BCUT2D eigenvalue weighted by atomic mass is 10.1. The highest BCUT2D eigenvalue weighted by Gasteiger charge is 2.19. The van der Waals surface area contributed by atoms with Crippen LogP contribution in [0.4, 0.5) is 5.13 Å². The highest BCUT2D eigenvalue weighted by atomic mass is 32.1. The fourth-order valence-electron chi connectivity index (χ4n) is 2.32. The smallest absolute Gasteiger partial charge is 0.185 e. The third-order valence-electron chi connectivity index (χ3n) is 3.44. The van der Waals surface area contributed by atoms with Gasteiger partial charge in [-0.25, -0.2) is 4.98 Å². The van der Waals surface area contributed by atoms with Gasteiger partial charge in [0.25, 0.3) is 0 Å². The van der Waals surface area contributed by atoms with E-state index in [1.54, 1.807) is 11.3 Å². The molecule has 0 saturated carbocycles. The van der Waals surface area contributed by atoms with Gasteiger partial charge < -0.3 is 15.5 Å². The molecule has 1 fully saturated rings. The molecule has 0 atom stereocenters. The van der Waals surface area contributed by atoms with Crippen molar-refractivity contribution in [2.24, 2.45) is 5.73 Å². The van der Waals surface area contributed by atoms with E-state index in [9.17, 15) is 0 Å². The maximum absolute atomic E-state index is 5.83. The Morgan fingerprint density at radius 2 is 2.06 bits per heavy atom. The van der Waals surface area contributed by atoms with E-state index in [1.165, 1.54) is 23.5 Å².